The lowest BCUT2D eigenvalue weighted by Gasteiger charge is -2.22. The fraction of sp³-hybridized carbons (Fsp3) is 0.400. The van der Waals surface area contributed by atoms with Crippen molar-refractivity contribution in [3.63, 3.8) is 0 Å². The Kier molecular flexibility index (Phi) is 6.70. The second kappa shape index (κ2) is 9.63. The molecule has 2 aromatic carbocycles. The first-order valence-corrected chi connectivity index (χ1v) is 11.9. The summed E-state index contributed by atoms with van der Waals surface area (Å²) in [6.07, 6.45) is 2.28. The van der Waals surface area contributed by atoms with Crippen LogP contribution in [0.4, 0.5) is 5.69 Å². The number of thiophene rings is 1. The second-order valence-corrected chi connectivity index (χ2v) is 9.07. The average Bonchev–Trinajstić information content (AvgIpc) is 3.23. The van der Waals surface area contributed by atoms with Crippen molar-refractivity contribution in [1.82, 2.24) is 10.6 Å². The second-order valence-electron chi connectivity index (χ2n) is 7.99. The number of benzene rings is 2. The van der Waals surface area contributed by atoms with Gasteiger partial charge in [-0.15, -0.1) is 11.3 Å². The van der Waals surface area contributed by atoms with Crippen molar-refractivity contribution in [1.29, 1.82) is 0 Å². The predicted octanol–water partition coefficient (Wildman–Crippen LogP) is 5.14. The van der Waals surface area contributed by atoms with Crippen LogP contribution in [-0.4, -0.2) is 38.6 Å². The Morgan fingerprint density at radius 3 is 2.43 bits per heavy atom. The van der Waals surface area contributed by atoms with E-state index in [1.54, 1.807) is 11.3 Å². The molecule has 0 aliphatic carbocycles. The molecule has 30 heavy (non-hydrogen) atoms. The van der Waals surface area contributed by atoms with Gasteiger partial charge in [0.2, 0.25) is 0 Å². The molecule has 1 aliphatic heterocycles. The van der Waals surface area contributed by atoms with Gasteiger partial charge < -0.3 is 15.5 Å². The fourth-order valence-electron chi connectivity index (χ4n) is 4.19. The van der Waals surface area contributed by atoms with E-state index in [1.165, 1.54) is 16.8 Å². The maximum atomic E-state index is 12.6. The molecule has 0 unspecified atom stereocenters. The van der Waals surface area contributed by atoms with Crippen molar-refractivity contribution in [2.24, 2.45) is 5.92 Å². The van der Waals surface area contributed by atoms with Crippen molar-refractivity contribution in [2.75, 3.05) is 37.6 Å². The third-order valence-corrected chi connectivity index (χ3v) is 7.18. The molecule has 1 fully saturated rings. The highest BCUT2D eigenvalue weighted by molar-refractivity contribution is 7.20. The number of fused-ring (bicyclic) bond motifs is 1. The standard InChI is InChI=1S/C25H31N3OS/c1-3-28(4-2)22-9-7-19(8-10-22)20-5-6-21-16-24(30-23(21)15-20)25(29)27-17-18-11-13-26-14-12-18/h5-10,15-16,18,26H,3-4,11-14,17H2,1-2H3,(H,27,29). The molecular weight excluding hydrogens is 390 g/mol. The van der Waals surface area contributed by atoms with E-state index in [0.717, 1.165) is 60.5 Å². The third kappa shape index (κ3) is 4.68. The molecule has 0 atom stereocenters. The van der Waals surface area contributed by atoms with Crippen molar-refractivity contribution in [3.05, 3.63) is 53.4 Å². The van der Waals surface area contributed by atoms with Crippen LogP contribution in [0.5, 0.6) is 0 Å². The summed E-state index contributed by atoms with van der Waals surface area (Å²) in [4.78, 5) is 15.8. The lowest BCUT2D eigenvalue weighted by molar-refractivity contribution is 0.0948. The van der Waals surface area contributed by atoms with Crippen LogP contribution >= 0.6 is 11.3 Å². The number of piperidine rings is 1. The number of amides is 1. The van der Waals surface area contributed by atoms with E-state index in [4.69, 9.17) is 0 Å². The Morgan fingerprint density at radius 2 is 1.73 bits per heavy atom. The molecule has 4 rings (SSSR count). The van der Waals surface area contributed by atoms with Crippen LogP contribution in [0.15, 0.2) is 48.5 Å². The monoisotopic (exact) mass is 421 g/mol. The van der Waals surface area contributed by atoms with E-state index in [2.05, 4.69) is 71.8 Å². The summed E-state index contributed by atoms with van der Waals surface area (Å²) in [7, 11) is 0. The molecule has 1 saturated heterocycles. The van der Waals surface area contributed by atoms with Crippen LogP contribution in [0.1, 0.15) is 36.4 Å². The Balaban J connectivity index is 1.47. The normalized spacial score (nSPS) is 14.7. The van der Waals surface area contributed by atoms with Gasteiger partial charge in [0.05, 0.1) is 4.88 Å². The number of rotatable bonds is 7. The summed E-state index contributed by atoms with van der Waals surface area (Å²) in [5, 5.41) is 7.65. The van der Waals surface area contributed by atoms with Gasteiger partial charge in [-0.05, 0) is 86.5 Å². The zero-order valence-corrected chi connectivity index (χ0v) is 18.7. The molecule has 0 saturated carbocycles. The van der Waals surface area contributed by atoms with Gasteiger partial charge >= 0.3 is 0 Å². The molecule has 0 spiro atoms. The summed E-state index contributed by atoms with van der Waals surface area (Å²) < 4.78 is 1.16. The topological polar surface area (TPSA) is 44.4 Å². The van der Waals surface area contributed by atoms with E-state index >= 15 is 0 Å². The lowest BCUT2D eigenvalue weighted by Crippen LogP contribution is -2.35. The fourth-order valence-corrected chi connectivity index (χ4v) is 5.20. The zero-order valence-electron chi connectivity index (χ0n) is 17.9. The van der Waals surface area contributed by atoms with Gasteiger partial charge in [0, 0.05) is 30.0 Å². The largest absolute Gasteiger partial charge is 0.372 e. The van der Waals surface area contributed by atoms with Crippen molar-refractivity contribution >= 4 is 33.0 Å². The third-order valence-electron chi connectivity index (χ3n) is 6.08. The van der Waals surface area contributed by atoms with Crippen LogP contribution < -0.4 is 15.5 Å². The van der Waals surface area contributed by atoms with Gasteiger partial charge in [-0.25, -0.2) is 0 Å². The van der Waals surface area contributed by atoms with Crippen molar-refractivity contribution in [2.45, 2.75) is 26.7 Å². The molecule has 1 aliphatic rings. The summed E-state index contributed by atoms with van der Waals surface area (Å²) in [5.41, 5.74) is 3.66. The molecule has 2 heterocycles. The number of nitrogens with one attached hydrogen (secondary N) is 2. The first-order valence-electron chi connectivity index (χ1n) is 11.1. The maximum absolute atomic E-state index is 12.6. The number of hydrogen-bond donors (Lipinski definition) is 2. The molecule has 4 nitrogen and oxygen atoms in total. The van der Waals surface area contributed by atoms with Gasteiger partial charge in [-0.3, -0.25) is 4.79 Å². The SMILES string of the molecule is CCN(CC)c1ccc(-c2ccc3cc(C(=O)NCC4CCNCC4)sc3c2)cc1. The van der Waals surface area contributed by atoms with E-state index in [9.17, 15) is 4.79 Å². The Labute approximate surface area is 183 Å². The van der Waals surface area contributed by atoms with Crippen LogP contribution in [0.3, 0.4) is 0 Å². The molecule has 2 N–H and O–H groups in total. The molecule has 5 heteroatoms. The minimum absolute atomic E-state index is 0.0554. The molecule has 1 amide bonds. The maximum Gasteiger partial charge on any atom is 0.261 e. The van der Waals surface area contributed by atoms with Gasteiger partial charge in [0.15, 0.2) is 0 Å². The minimum Gasteiger partial charge on any atom is -0.372 e. The Morgan fingerprint density at radius 1 is 1.03 bits per heavy atom. The molecule has 158 valence electrons. The predicted molar refractivity (Wildman–Crippen MR) is 129 cm³/mol. The molecule has 0 bridgehead atoms. The van der Waals surface area contributed by atoms with Gasteiger partial charge in [0.25, 0.3) is 5.91 Å². The Hall–Kier alpha value is -2.37. The number of carbonyl (C=O) groups is 1. The van der Waals surface area contributed by atoms with Crippen molar-refractivity contribution < 1.29 is 4.79 Å². The summed E-state index contributed by atoms with van der Waals surface area (Å²) in [6, 6.07) is 17.3. The highest BCUT2D eigenvalue weighted by atomic mass is 32.1. The van der Waals surface area contributed by atoms with E-state index < -0.39 is 0 Å². The number of carbonyl (C=O) groups excluding carboxylic acids is 1. The zero-order chi connectivity index (χ0) is 20.9. The lowest BCUT2D eigenvalue weighted by atomic mass is 9.98. The van der Waals surface area contributed by atoms with Gasteiger partial charge in [-0.1, -0.05) is 24.3 Å². The molecular formula is C25H31N3OS. The quantitative estimate of drug-likeness (QED) is 0.555. The van der Waals surface area contributed by atoms with Crippen molar-refractivity contribution in [3.8, 4) is 11.1 Å². The van der Waals surface area contributed by atoms with Crippen LogP contribution in [0, 0.1) is 5.92 Å². The van der Waals surface area contributed by atoms with Crippen LogP contribution in [-0.2, 0) is 0 Å². The summed E-state index contributed by atoms with van der Waals surface area (Å²) >= 11 is 1.58. The number of nitrogens with zero attached hydrogens (tertiary/aromatic N) is 1. The van der Waals surface area contributed by atoms with Crippen LogP contribution in [0.2, 0.25) is 0 Å². The highest BCUT2D eigenvalue weighted by Crippen LogP contribution is 2.31. The number of anilines is 1. The smallest absolute Gasteiger partial charge is 0.261 e. The average molecular weight is 422 g/mol. The molecule has 3 aromatic rings. The van der Waals surface area contributed by atoms with E-state index in [-0.39, 0.29) is 5.91 Å². The van der Waals surface area contributed by atoms with Gasteiger partial charge in [0.1, 0.15) is 0 Å². The van der Waals surface area contributed by atoms with Gasteiger partial charge in [-0.2, -0.15) is 0 Å². The van der Waals surface area contributed by atoms with Crippen LogP contribution in [0.25, 0.3) is 21.2 Å². The first kappa shape index (κ1) is 20.9. The summed E-state index contributed by atoms with van der Waals surface area (Å²) in [5.74, 6) is 0.648. The first-order chi connectivity index (χ1) is 14.7. The van der Waals surface area contributed by atoms with E-state index in [0.29, 0.717) is 5.92 Å². The number of hydrogen-bond acceptors (Lipinski definition) is 4. The summed E-state index contributed by atoms with van der Waals surface area (Å²) in [6.45, 7) is 9.28. The highest BCUT2D eigenvalue weighted by Gasteiger charge is 2.16. The van der Waals surface area contributed by atoms with E-state index in [1.807, 2.05) is 6.07 Å². The minimum atomic E-state index is 0.0554. The molecule has 1 aromatic heterocycles. The molecule has 0 radical (unpaired) electrons. The Bertz CT molecular complexity index is 985.